The summed E-state index contributed by atoms with van der Waals surface area (Å²) < 4.78 is 0. The quantitative estimate of drug-likeness (QED) is 0.524. The van der Waals surface area contributed by atoms with Gasteiger partial charge in [0.25, 0.3) is 0 Å². The molecule has 0 aromatic heterocycles. The van der Waals surface area contributed by atoms with Crippen LogP contribution in [-0.2, 0) is 0 Å². The standard InChI is InChI=1S/C13H25/c1-6-11(4)9-10-13(8-3)12(5)7-2/h10-12H,1,6-9H2,2-5H3. The largest absolute Gasteiger partial charge is 0.0848 e. The van der Waals surface area contributed by atoms with Gasteiger partial charge in [-0.05, 0) is 31.1 Å². The molecule has 0 aliphatic carbocycles. The first-order chi connectivity index (χ1) is 6.15. The zero-order valence-electron chi connectivity index (χ0n) is 9.77. The molecular formula is C13H25. The predicted molar refractivity (Wildman–Crippen MR) is 61.6 cm³/mol. The van der Waals surface area contributed by atoms with Crippen molar-refractivity contribution in [3.05, 3.63) is 18.6 Å². The number of hydrogen-bond acceptors (Lipinski definition) is 0. The van der Waals surface area contributed by atoms with Gasteiger partial charge in [-0.2, -0.15) is 0 Å². The van der Waals surface area contributed by atoms with Crippen LogP contribution in [0.3, 0.4) is 0 Å². The molecule has 2 atom stereocenters. The summed E-state index contributed by atoms with van der Waals surface area (Å²) >= 11 is 0. The highest BCUT2D eigenvalue weighted by atomic mass is 14.1. The summed E-state index contributed by atoms with van der Waals surface area (Å²) in [4.78, 5) is 0. The van der Waals surface area contributed by atoms with E-state index in [2.05, 4.69) is 40.7 Å². The lowest BCUT2D eigenvalue weighted by atomic mass is 9.93. The Kier molecular flexibility index (Phi) is 7.03. The summed E-state index contributed by atoms with van der Waals surface area (Å²) in [6.07, 6.45) is 7.16. The van der Waals surface area contributed by atoms with Crippen molar-refractivity contribution < 1.29 is 0 Å². The van der Waals surface area contributed by atoms with Crippen molar-refractivity contribution in [3.63, 3.8) is 0 Å². The Balaban J connectivity index is 4.06. The Hall–Kier alpha value is -0.260. The Morgan fingerprint density at radius 2 is 1.92 bits per heavy atom. The molecule has 13 heavy (non-hydrogen) atoms. The van der Waals surface area contributed by atoms with Crippen LogP contribution in [0.1, 0.15) is 53.4 Å². The van der Waals surface area contributed by atoms with E-state index in [1.165, 1.54) is 19.3 Å². The van der Waals surface area contributed by atoms with E-state index in [1.54, 1.807) is 5.57 Å². The first-order valence-electron chi connectivity index (χ1n) is 5.63. The third-order valence-electron chi connectivity index (χ3n) is 2.93. The minimum absolute atomic E-state index is 0.741. The molecule has 0 saturated heterocycles. The number of rotatable bonds is 6. The van der Waals surface area contributed by atoms with Crippen LogP contribution < -0.4 is 0 Å². The van der Waals surface area contributed by atoms with E-state index in [1.807, 2.05) is 0 Å². The molecular weight excluding hydrogens is 156 g/mol. The fraction of sp³-hybridized carbons (Fsp3) is 0.769. The van der Waals surface area contributed by atoms with Crippen LogP contribution in [0.5, 0.6) is 0 Å². The van der Waals surface area contributed by atoms with Crippen LogP contribution in [0.2, 0.25) is 0 Å². The monoisotopic (exact) mass is 181 g/mol. The average molecular weight is 181 g/mol. The molecule has 77 valence electrons. The Bertz CT molecular complexity index is 144. The van der Waals surface area contributed by atoms with Gasteiger partial charge in [0, 0.05) is 0 Å². The Labute approximate surface area is 84.4 Å². The van der Waals surface area contributed by atoms with Crippen molar-refractivity contribution in [2.24, 2.45) is 11.8 Å². The minimum atomic E-state index is 0.741. The normalized spacial score (nSPS) is 17.2. The summed E-state index contributed by atoms with van der Waals surface area (Å²) in [6.45, 7) is 13.0. The van der Waals surface area contributed by atoms with E-state index in [-0.39, 0.29) is 0 Å². The van der Waals surface area contributed by atoms with Crippen molar-refractivity contribution in [3.8, 4) is 0 Å². The van der Waals surface area contributed by atoms with Crippen molar-refractivity contribution in [1.29, 1.82) is 0 Å². The summed E-state index contributed by atoms with van der Waals surface area (Å²) in [5.41, 5.74) is 1.63. The first-order valence-corrected chi connectivity index (χ1v) is 5.63. The molecule has 2 unspecified atom stereocenters. The maximum Gasteiger partial charge on any atom is -0.0234 e. The summed E-state index contributed by atoms with van der Waals surface area (Å²) in [6, 6.07) is 0. The minimum Gasteiger partial charge on any atom is -0.0848 e. The maximum absolute atomic E-state index is 3.93. The second kappa shape index (κ2) is 7.17. The lowest BCUT2D eigenvalue weighted by molar-refractivity contribution is 0.580. The van der Waals surface area contributed by atoms with Crippen LogP contribution in [0, 0.1) is 18.8 Å². The van der Waals surface area contributed by atoms with Gasteiger partial charge in [-0.3, -0.25) is 0 Å². The molecule has 0 amide bonds. The van der Waals surface area contributed by atoms with Crippen molar-refractivity contribution in [1.82, 2.24) is 0 Å². The van der Waals surface area contributed by atoms with E-state index in [4.69, 9.17) is 0 Å². The first kappa shape index (κ1) is 12.7. The second-order valence-corrected chi connectivity index (χ2v) is 4.07. The smallest absolute Gasteiger partial charge is 0.0234 e. The van der Waals surface area contributed by atoms with E-state index < -0.39 is 0 Å². The molecule has 0 nitrogen and oxygen atoms in total. The molecule has 1 radical (unpaired) electrons. The van der Waals surface area contributed by atoms with Crippen LogP contribution in [0.4, 0.5) is 0 Å². The van der Waals surface area contributed by atoms with Gasteiger partial charge in [-0.15, -0.1) is 0 Å². The third-order valence-corrected chi connectivity index (χ3v) is 2.93. The molecule has 0 fully saturated rings. The van der Waals surface area contributed by atoms with Crippen molar-refractivity contribution in [2.75, 3.05) is 0 Å². The lowest BCUT2D eigenvalue weighted by Gasteiger charge is -2.13. The number of allylic oxidation sites excluding steroid dienone is 2. The Morgan fingerprint density at radius 3 is 2.31 bits per heavy atom. The molecule has 0 saturated carbocycles. The molecule has 0 aliphatic heterocycles. The van der Waals surface area contributed by atoms with Gasteiger partial charge in [0.15, 0.2) is 0 Å². The topological polar surface area (TPSA) is 0 Å². The maximum atomic E-state index is 3.93. The SMILES string of the molecule is [CH2]CC(C)CC=C(CC)C(C)CC. The van der Waals surface area contributed by atoms with Gasteiger partial charge in [0.05, 0.1) is 0 Å². The summed E-state index contributed by atoms with van der Waals surface area (Å²) in [5, 5.41) is 0. The summed E-state index contributed by atoms with van der Waals surface area (Å²) in [7, 11) is 0. The van der Waals surface area contributed by atoms with E-state index in [9.17, 15) is 0 Å². The molecule has 0 heterocycles. The zero-order chi connectivity index (χ0) is 10.3. The summed E-state index contributed by atoms with van der Waals surface area (Å²) in [5.74, 6) is 1.51. The highest BCUT2D eigenvalue weighted by Gasteiger charge is 2.04. The van der Waals surface area contributed by atoms with Gasteiger partial charge in [0.1, 0.15) is 0 Å². The molecule has 0 aromatic carbocycles. The number of hydrogen-bond donors (Lipinski definition) is 0. The van der Waals surface area contributed by atoms with Gasteiger partial charge in [0.2, 0.25) is 0 Å². The van der Waals surface area contributed by atoms with E-state index in [0.29, 0.717) is 0 Å². The lowest BCUT2D eigenvalue weighted by Crippen LogP contribution is -1.98. The van der Waals surface area contributed by atoms with Crippen LogP contribution in [-0.4, -0.2) is 0 Å². The molecule has 0 heteroatoms. The highest BCUT2D eigenvalue weighted by molar-refractivity contribution is 5.05. The molecule has 0 spiro atoms. The molecule has 0 bridgehead atoms. The van der Waals surface area contributed by atoms with E-state index >= 15 is 0 Å². The fourth-order valence-corrected chi connectivity index (χ4v) is 1.43. The van der Waals surface area contributed by atoms with Gasteiger partial charge >= 0.3 is 0 Å². The van der Waals surface area contributed by atoms with Gasteiger partial charge in [-0.1, -0.05) is 52.7 Å². The predicted octanol–water partition coefficient (Wildman–Crippen LogP) is 4.62. The highest BCUT2D eigenvalue weighted by Crippen LogP contribution is 2.20. The second-order valence-electron chi connectivity index (χ2n) is 4.07. The van der Waals surface area contributed by atoms with Crippen LogP contribution >= 0.6 is 0 Å². The van der Waals surface area contributed by atoms with Gasteiger partial charge < -0.3 is 0 Å². The van der Waals surface area contributed by atoms with Crippen LogP contribution in [0.25, 0.3) is 0 Å². The third kappa shape index (κ3) is 5.13. The van der Waals surface area contributed by atoms with Crippen LogP contribution in [0.15, 0.2) is 11.6 Å². The Morgan fingerprint density at radius 1 is 1.31 bits per heavy atom. The molecule has 0 N–H and O–H groups in total. The molecule has 0 aliphatic rings. The molecule has 0 rings (SSSR count). The van der Waals surface area contributed by atoms with E-state index in [0.717, 1.165) is 18.3 Å². The average Bonchev–Trinajstić information content (AvgIpc) is 2.17. The fourth-order valence-electron chi connectivity index (χ4n) is 1.43. The van der Waals surface area contributed by atoms with Crippen molar-refractivity contribution >= 4 is 0 Å². The molecule has 0 aromatic rings. The van der Waals surface area contributed by atoms with Crippen molar-refractivity contribution in [2.45, 2.75) is 53.4 Å². The zero-order valence-corrected chi connectivity index (χ0v) is 9.77. The van der Waals surface area contributed by atoms with Gasteiger partial charge in [-0.25, -0.2) is 0 Å².